The summed E-state index contributed by atoms with van der Waals surface area (Å²) in [5.41, 5.74) is 3.73. The molecule has 0 unspecified atom stereocenters. The lowest BCUT2D eigenvalue weighted by Gasteiger charge is -2.18. The number of aryl methyl sites for hydroxylation is 2. The molecule has 7 heteroatoms. The van der Waals surface area contributed by atoms with E-state index >= 15 is 0 Å². The maximum atomic E-state index is 12.5. The average molecular weight is 301 g/mol. The van der Waals surface area contributed by atoms with Crippen LogP contribution in [-0.2, 0) is 24.6 Å². The lowest BCUT2D eigenvalue weighted by Crippen LogP contribution is -2.37. The minimum absolute atomic E-state index is 0.0366. The Morgan fingerprint density at radius 3 is 3.23 bits per heavy atom. The van der Waals surface area contributed by atoms with Crippen LogP contribution < -0.4 is 5.32 Å². The molecule has 3 heterocycles. The van der Waals surface area contributed by atoms with Crippen molar-refractivity contribution in [2.45, 2.75) is 37.8 Å². The smallest absolute Gasteiger partial charge is 0.272 e. The Morgan fingerprint density at radius 2 is 2.41 bits per heavy atom. The highest BCUT2D eigenvalue weighted by Gasteiger charge is 2.33. The fourth-order valence-electron chi connectivity index (χ4n) is 3.40. The van der Waals surface area contributed by atoms with Crippen molar-refractivity contribution < 1.29 is 9.53 Å². The van der Waals surface area contributed by atoms with Gasteiger partial charge in [-0.25, -0.2) is 0 Å². The van der Waals surface area contributed by atoms with Crippen molar-refractivity contribution in [1.29, 1.82) is 0 Å². The van der Waals surface area contributed by atoms with Crippen LogP contribution in [0.15, 0.2) is 12.4 Å². The topological polar surface area (TPSA) is 84.8 Å². The fourth-order valence-corrected chi connectivity index (χ4v) is 3.40. The third kappa shape index (κ3) is 2.21. The molecule has 1 amide bonds. The molecule has 0 spiro atoms. The SMILES string of the molecule is Cn1cc([C@H]2OCC[C@@H]2NC(=O)c2n[nH]c3c2CCC3)cn1. The predicted octanol–water partition coefficient (Wildman–Crippen LogP) is 0.892. The number of aromatic nitrogens is 4. The van der Waals surface area contributed by atoms with E-state index in [0.717, 1.165) is 42.5 Å². The van der Waals surface area contributed by atoms with Crippen molar-refractivity contribution in [3.05, 3.63) is 34.9 Å². The third-order valence-corrected chi connectivity index (χ3v) is 4.48. The van der Waals surface area contributed by atoms with Gasteiger partial charge in [0, 0.05) is 36.7 Å². The molecule has 1 saturated heterocycles. The summed E-state index contributed by atoms with van der Waals surface area (Å²) in [4.78, 5) is 12.5. The summed E-state index contributed by atoms with van der Waals surface area (Å²) in [6.45, 7) is 0.642. The number of hydrogen-bond acceptors (Lipinski definition) is 4. The molecule has 2 N–H and O–H groups in total. The van der Waals surface area contributed by atoms with Gasteiger partial charge in [-0.15, -0.1) is 0 Å². The van der Waals surface area contributed by atoms with E-state index in [0.29, 0.717) is 12.3 Å². The van der Waals surface area contributed by atoms with Crippen molar-refractivity contribution in [2.24, 2.45) is 7.05 Å². The van der Waals surface area contributed by atoms with Gasteiger partial charge in [0.2, 0.25) is 0 Å². The van der Waals surface area contributed by atoms with Crippen LogP contribution in [0.5, 0.6) is 0 Å². The number of amides is 1. The molecule has 0 saturated carbocycles. The first kappa shape index (κ1) is 13.5. The van der Waals surface area contributed by atoms with Crippen LogP contribution in [0.1, 0.15) is 46.3 Å². The van der Waals surface area contributed by atoms with Crippen molar-refractivity contribution in [3.8, 4) is 0 Å². The Morgan fingerprint density at radius 1 is 1.50 bits per heavy atom. The Hall–Kier alpha value is -2.15. The standard InChI is InChI=1S/C15H19N5O2/c1-20-8-9(7-16-20)14-12(5-6-22-14)17-15(21)13-10-3-2-4-11(10)18-19-13/h7-8,12,14H,2-6H2,1H3,(H,17,21)(H,18,19)/t12-,14+/m0/s1. The first-order valence-electron chi connectivity index (χ1n) is 7.69. The second kappa shape index (κ2) is 5.24. The Bertz CT molecular complexity index is 705. The van der Waals surface area contributed by atoms with Gasteiger partial charge in [-0.05, 0) is 25.7 Å². The van der Waals surface area contributed by atoms with Crippen LogP contribution in [0.2, 0.25) is 0 Å². The molecule has 2 atom stereocenters. The molecular formula is C15H19N5O2. The quantitative estimate of drug-likeness (QED) is 0.882. The molecule has 7 nitrogen and oxygen atoms in total. The maximum absolute atomic E-state index is 12.5. The van der Waals surface area contributed by atoms with Gasteiger partial charge in [0.25, 0.3) is 5.91 Å². The largest absolute Gasteiger partial charge is 0.371 e. The summed E-state index contributed by atoms with van der Waals surface area (Å²) in [5.74, 6) is -0.108. The zero-order valence-electron chi connectivity index (χ0n) is 12.5. The highest BCUT2D eigenvalue weighted by atomic mass is 16.5. The first-order chi connectivity index (χ1) is 10.7. The Kier molecular flexibility index (Phi) is 3.22. The lowest BCUT2D eigenvalue weighted by atomic mass is 10.0. The molecule has 116 valence electrons. The number of carbonyl (C=O) groups is 1. The zero-order chi connectivity index (χ0) is 15.1. The van der Waals surface area contributed by atoms with Gasteiger partial charge < -0.3 is 10.1 Å². The summed E-state index contributed by atoms with van der Waals surface area (Å²) >= 11 is 0. The molecule has 22 heavy (non-hydrogen) atoms. The van der Waals surface area contributed by atoms with Crippen molar-refractivity contribution in [3.63, 3.8) is 0 Å². The van der Waals surface area contributed by atoms with E-state index in [1.54, 1.807) is 10.9 Å². The molecule has 0 radical (unpaired) electrons. The molecule has 1 aliphatic carbocycles. The highest BCUT2D eigenvalue weighted by Crippen LogP contribution is 2.29. The van der Waals surface area contributed by atoms with Crippen LogP contribution >= 0.6 is 0 Å². The van der Waals surface area contributed by atoms with E-state index in [2.05, 4.69) is 20.6 Å². The number of ether oxygens (including phenoxy) is 1. The number of fused-ring (bicyclic) bond motifs is 1. The summed E-state index contributed by atoms with van der Waals surface area (Å²) in [6.07, 6.45) is 7.40. The number of hydrogen-bond donors (Lipinski definition) is 2. The molecule has 1 fully saturated rings. The van der Waals surface area contributed by atoms with Gasteiger partial charge in [-0.3, -0.25) is 14.6 Å². The summed E-state index contributed by atoms with van der Waals surface area (Å²) in [6, 6.07) is -0.0366. The van der Waals surface area contributed by atoms with Crippen LogP contribution in [0.4, 0.5) is 0 Å². The average Bonchev–Trinajstić information content (AvgIpc) is 3.20. The molecular weight excluding hydrogens is 282 g/mol. The summed E-state index contributed by atoms with van der Waals surface area (Å²) in [5, 5.41) is 14.4. The van der Waals surface area contributed by atoms with Crippen molar-refractivity contribution in [2.75, 3.05) is 6.61 Å². The Labute approximate surface area is 128 Å². The number of nitrogens with one attached hydrogen (secondary N) is 2. The molecule has 0 aromatic carbocycles. The van der Waals surface area contributed by atoms with E-state index in [-0.39, 0.29) is 18.1 Å². The van der Waals surface area contributed by atoms with E-state index in [4.69, 9.17) is 4.74 Å². The zero-order valence-corrected chi connectivity index (χ0v) is 12.5. The van der Waals surface area contributed by atoms with Crippen LogP contribution in [0.25, 0.3) is 0 Å². The normalized spacial score (nSPS) is 23.7. The predicted molar refractivity (Wildman–Crippen MR) is 78.4 cm³/mol. The lowest BCUT2D eigenvalue weighted by molar-refractivity contribution is 0.0817. The van der Waals surface area contributed by atoms with E-state index in [9.17, 15) is 4.79 Å². The van der Waals surface area contributed by atoms with Crippen molar-refractivity contribution >= 4 is 5.91 Å². The third-order valence-electron chi connectivity index (χ3n) is 4.48. The minimum atomic E-state index is -0.135. The van der Waals surface area contributed by atoms with Crippen molar-refractivity contribution in [1.82, 2.24) is 25.3 Å². The fraction of sp³-hybridized carbons (Fsp3) is 0.533. The minimum Gasteiger partial charge on any atom is -0.371 e. The molecule has 0 bridgehead atoms. The number of rotatable bonds is 3. The van der Waals surface area contributed by atoms with Gasteiger partial charge in [0.05, 0.1) is 12.2 Å². The molecule has 1 aliphatic heterocycles. The monoisotopic (exact) mass is 301 g/mol. The first-order valence-corrected chi connectivity index (χ1v) is 7.69. The number of aromatic amines is 1. The van der Waals surface area contributed by atoms with Crippen LogP contribution in [0, 0.1) is 0 Å². The number of H-pyrrole nitrogens is 1. The number of carbonyl (C=O) groups excluding carboxylic acids is 1. The van der Waals surface area contributed by atoms with Crippen LogP contribution in [-0.4, -0.2) is 38.5 Å². The highest BCUT2D eigenvalue weighted by molar-refractivity contribution is 5.94. The van der Waals surface area contributed by atoms with Gasteiger partial charge in [-0.1, -0.05) is 0 Å². The Balaban J connectivity index is 1.51. The van der Waals surface area contributed by atoms with E-state index in [1.165, 1.54) is 0 Å². The maximum Gasteiger partial charge on any atom is 0.272 e. The molecule has 2 aromatic heterocycles. The van der Waals surface area contributed by atoms with Gasteiger partial charge in [-0.2, -0.15) is 10.2 Å². The van der Waals surface area contributed by atoms with Crippen LogP contribution in [0.3, 0.4) is 0 Å². The second-order valence-corrected chi connectivity index (χ2v) is 5.99. The molecule has 2 aliphatic rings. The molecule has 4 rings (SSSR count). The second-order valence-electron chi connectivity index (χ2n) is 5.99. The van der Waals surface area contributed by atoms with Gasteiger partial charge >= 0.3 is 0 Å². The summed E-state index contributed by atoms with van der Waals surface area (Å²) < 4.78 is 7.53. The van der Waals surface area contributed by atoms with Gasteiger partial charge in [0.15, 0.2) is 5.69 Å². The van der Waals surface area contributed by atoms with Gasteiger partial charge in [0.1, 0.15) is 6.10 Å². The summed E-state index contributed by atoms with van der Waals surface area (Å²) in [7, 11) is 1.87. The van der Waals surface area contributed by atoms with E-state index in [1.807, 2.05) is 13.2 Å². The number of nitrogens with zero attached hydrogens (tertiary/aromatic N) is 3. The molecule has 2 aromatic rings. The van der Waals surface area contributed by atoms with E-state index < -0.39 is 0 Å².